The summed E-state index contributed by atoms with van der Waals surface area (Å²) in [6.45, 7) is 5.59. The van der Waals surface area contributed by atoms with Gasteiger partial charge in [-0.05, 0) is 43.5 Å². The quantitative estimate of drug-likeness (QED) is 0.743. The smallest absolute Gasteiger partial charge is 0.404 e. The van der Waals surface area contributed by atoms with Crippen LogP contribution in [0.3, 0.4) is 0 Å². The van der Waals surface area contributed by atoms with E-state index in [4.69, 9.17) is 9.79 Å². The van der Waals surface area contributed by atoms with E-state index in [0.29, 0.717) is 0 Å². The highest BCUT2D eigenvalue weighted by atomic mass is 31.2. The van der Waals surface area contributed by atoms with E-state index in [-0.39, 0.29) is 5.75 Å². The van der Waals surface area contributed by atoms with Crippen molar-refractivity contribution < 1.29 is 18.9 Å². The van der Waals surface area contributed by atoms with E-state index < -0.39 is 7.82 Å². The Hall–Kier alpha value is -0.830. The van der Waals surface area contributed by atoms with Gasteiger partial charge < -0.3 is 4.52 Å². The van der Waals surface area contributed by atoms with Crippen LogP contribution < -0.4 is 4.52 Å². The topological polar surface area (TPSA) is 66.8 Å². The van der Waals surface area contributed by atoms with Gasteiger partial charge in [0, 0.05) is 0 Å². The molecule has 0 radical (unpaired) electrons. The second-order valence-corrected chi connectivity index (χ2v) is 4.38. The van der Waals surface area contributed by atoms with Crippen molar-refractivity contribution in [2.24, 2.45) is 0 Å². The van der Waals surface area contributed by atoms with Crippen LogP contribution in [0.4, 0.5) is 0 Å². The fraction of sp³-hybridized carbons (Fsp3) is 0.333. The van der Waals surface area contributed by atoms with Gasteiger partial charge in [-0.3, -0.25) is 9.79 Å². The summed E-state index contributed by atoms with van der Waals surface area (Å²) in [6.07, 6.45) is 0. The number of benzene rings is 1. The summed E-state index contributed by atoms with van der Waals surface area (Å²) in [6, 6.07) is 3.34. The molecule has 1 aromatic rings. The molecule has 4 nitrogen and oxygen atoms in total. The fourth-order valence-corrected chi connectivity index (χ4v) is 1.61. The Morgan fingerprint density at radius 3 is 2.21 bits per heavy atom. The first-order chi connectivity index (χ1) is 6.31. The van der Waals surface area contributed by atoms with Crippen LogP contribution in [0.1, 0.15) is 16.7 Å². The molecule has 0 amide bonds. The van der Waals surface area contributed by atoms with Crippen LogP contribution in [0.15, 0.2) is 12.1 Å². The van der Waals surface area contributed by atoms with E-state index in [1.807, 2.05) is 13.8 Å². The molecule has 1 rings (SSSR count). The molecule has 0 aliphatic rings. The lowest BCUT2D eigenvalue weighted by atomic mass is 10.0. The first-order valence-electron chi connectivity index (χ1n) is 4.13. The zero-order valence-electron chi connectivity index (χ0n) is 8.31. The number of phosphoric acid groups is 1. The first-order valence-corrected chi connectivity index (χ1v) is 5.66. The molecular weight excluding hydrogens is 203 g/mol. The molecule has 2 N–H and O–H groups in total. The summed E-state index contributed by atoms with van der Waals surface area (Å²) in [5.41, 5.74) is 2.81. The third-order valence-electron chi connectivity index (χ3n) is 2.23. The molecule has 14 heavy (non-hydrogen) atoms. The van der Waals surface area contributed by atoms with Crippen LogP contribution in [0, 0.1) is 20.8 Å². The van der Waals surface area contributed by atoms with Crippen LogP contribution in [0.2, 0.25) is 0 Å². The Labute approximate surface area is 82.8 Å². The zero-order chi connectivity index (χ0) is 10.9. The van der Waals surface area contributed by atoms with Gasteiger partial charge in [0.1, 0.15) is 5.75 Å². The normalized spacial score (nSPS) is 11.5. The van der Waals surface area contributed by atoms with Crippen molar-refractivity contribution in [3.8, 4) is 5.75 Å². The summed E-state index contributed by atoms with van der Waals surface area (Å²) in [5, 5.41) is 0. The van der Waals surface area contributed by atoms with Gasteiger partial charge in [0.05, 0.1) is 0 Å². The molecule has 5 heteroatoms. The predicted molar refractivity (Wildman–Crippen MR) is 53.3 cm³/mol. The predicted octanol–water partition coefficient (Wildman–Crippen LogP) is 2.08. The summed E-state index contributed by atoms with van der Waals surface area (Å²) in [7, 11) is -4.45. The standard InChI is InChI=1S/C9H13O4P/c1-6-4-5-9(8(3)7(6)2)13-14(10,11)12/h4-5H,1-3H3,(H2,10,11,12). The van der Waals surface area contributed by atoms with Crippen molar-refractivity contribution in [3.63, 3.8) is 0 Å². The number of aryl methyl sites for hydroxylation is 1. The Morgan fingerprint density at radius 1 is 1.14 bits per heavy atom. The molecule has 78 valence electrons. The Kier molecular flexibility index (Phi) is 3.00. The maximum Gasteiger partial charge on any atom is 0.524 e. The highest BCUT2D eigenvalue weighted by Crippen LogP contribution is 2.39. The SMILES string of the molecule is Cc1ccc(OP(=O)(O)O)c(C)c1C. The molecule has 0 saturated heterocycles. The van der Waals surface area contributed by atoms with E-state index in [1.54, 1.807) is 19.1 Å². The average Bonchev–Trinajstić information content (AvgIpc) is 2.04. The van der Waals surface area contributed by atoms with E-state index in [0.717, 1.165) is 16.7 Å². The minimum Gasteiger partial charge on any atom is -0.404 e. The van der Waals surface area contributed by atoms with Crippen LogP contribution >= 0.6 is 7.82 Å². The molecule has 0 spiro atoms. The maximum absolute atomic E-state index is 10.6. The lowest BCUT2D eigenvalue weighted by Crippen LogP contribution is -1.95. The van der Waals surface area contributed by atoms with Gasteiger partial charge >= 0.3 is 7.82 Å². The van der Waals surface area contributed by atoms with Gasteiger partial charge in [0.15, 0.2) is 0 Å². The van der Waals surface area contributed by atoms with Crippen LogP contribution in [-0.4, -0.2) is 9.79 Å². The second-order valence-electron chi connectivity index (χ2n) is 3.21. The molecule has 0 atom stereocenters. The molecule has 0 aliphatic heterocycles. The van der Waals surface area contributed by atoms with Crippen molar-refractivity contribution >= 4 is 7.82 Å². The summed E-state index contributed by atoms with van der Waals surface area (Å²) >= 11 is 0. The Balaban J connectivity index is 3.12. The maximum atomic E-state index is 10.6. The molecule has 0 fully saturated rings. The van der Waals surface area contributed by atoms with E-state index in [9.17, 15) is 4.57 Å². The van der Waals surface area contributed by atoms with Crippen molar-refractivity contribution in [2.75, 3.05) is 0 Å². The van der Waals surface area contributed by atoms with Gasteiger partial charge in [0.25, 0.3) is 0 Å². The molecule has 0 unspecified atom stereocenters. The first kappa shape index (κ1) is 11.2. The summed E-state index contributed by atoms with van der Waals surface area (Å²) in [4.78, 5) is 17.3. The van der Waals surface area contributed by atoms with E-state index >= 15 is 0 Å². The van der Waals surface area contributed by atoms with Crippen molar-refractivity contribution in [1.29, 1.82) is 0 Å². The molecule has 0 aliphatic carbocycles. The lowest BCUT2D eigenvalue weighted by molar-refractivity contribution is 0.282. The summed E-state index contributed by atoms with van der Waals surface area (Å²) in [5.74, 6) is 0.237. The van der Waals surface area contributed by atoms with Crippen LogP contribution in [0.5, 0.6) is 5.75 Å². The van der Waals surface area contributed by atoms with Crippen molar-refractivity contribution in [2.45, 2.75) is 20.8 Å². The number of hydrogen-bond acceptors (Lipinski definition) is 2. The highest BCUT2D eigenvalue weighted by Gasteiger charge is 2.17. The molecule has 0 aromatic heterocycles. The van der Waals surface area contributed by atoms with Gasteiger partial charge in [0.2, 0.25) is 0 Å². The van der Waals surface area contributed by atoms with E-state index in [2.05, 4.69) is 4.52 Å². The minimum atomic E-state index is -4.45. The number of phosphoric ester groups is 1. The van der Waals surface area contributed by atoms with Gasteiger partial charge in [-0.25, -0.2) is 4.57 Å². The Bertz CT molecular complexity index is 394. The number of rotatable bonds is 2. The highest BCUT2D eigenvalue weighted by molar-refractivity contribution is 7.46. The van der Waals surface area contributed by atoms with Crippen molar-refractivity contribution in [1.82, 2.24) is 0 Å². The molecule has 0 saturated carbocycles. The Morgan fingerprint density at radius 2 is 1.71 bits per heavy atom. The minimum absolute atomic E-state index is 0.237. The zero-order valence-corrected chi connectivity index (χ0v) is 9.21. The largest absolute Gasteiger partial charge is 0.524 e. The molecular formula is C9H13O4P. The molecule has 0 bridgehead atoms. The fourth-order valence-electron chi connectivity index (χ4n) is 1.16. The molecule has 1 aromatic carbocycles. The average molecular weight is 216 g/mol. The molecule has 0 heterocycles. The lowest BCUT2D eigenvalue weighted by Gasteiger charge is -2.12. The van der Waals surface area contributed by atoms with Gasteiger partial charge in [-0.15, -0.1) is 0 Å². The van der Waals surface area contributed by atoms with Crippen molar-refractivity contribution in [3.05, 3.63) is 28.8 Å². The number of hydrogen-bond donors (Lipinski definition) is 2. The van der Waals surface area contributed by atoms with Crippen LogP contribution in [-0.2, 0) is 4.57 Å². The summed E-state index contributed by atoms with van der Waals surface area (Å²) < 4.78 is 15.2. The monoisotopic (exact) mass is 216 g/mol. The van der Waals surface area contributed by atoms with E-state index in [1.165, 1.54) is 0 Å². The second kappa shape index (κ2) is 3.73. The van der Waals surface area contributed by atoms with Gasteiger partial charge in [-0.1, -0.05) is 6.07 Å². The third kappa shape index (κ3) is 2.58. The van der Waals surface area contributed by atoms with Gasteiger partial charge in [-0.2, -0.15) is 0 Å². The van der Waals surface area contributed by atoms with Crippen LogP contribution in [0.25, 0.3) is 0 Å². The third-order valence-corrected chi connectivity index (χ3v) is 2.66.